The number of rotatable bonds is 4. The van der Waals surface area contributed by atoms with Crippen LogP contribution in [-0.2, 0) is 6.61 Å². The van der Waals surface area contributed by atoms with Crippen LogP contribution < -0.4 is 4.74 Å². The highest BCUT2D eigenvalue weighted by molar-refractivity contribution is 5.35. The van der Waals surface area contributed by atoms with Crippen LogP contribution in [0.15, 0.2) is 30.5 Å². The van der Waals surface area contributed by atoms with Gasteiger partial charge in [0.2, 0.25) is 0 Å². The maximum atomic E-state index is 5.80. The number of aryl methyl sites for hydroxylation is 2. The first-order chi connectivity index (χ1) is 8.56. The predicted octanol–water partition coefficient (Wildman–Crippen LogP) is 3.66. The number of hydrogen-bond donors (Lipinski definition) is 0. The van der Waals surface area contributed by atoms with Crippen molar-refractivity contribution in [2.24, 2.45) is 0 Å². The second kappa shape index (κ2) is 5.25. The molecule has 0 atom stereocenters. The minimum absolute atomic E-state index is 0.389. The highest BCUT2D eigenvalue weighted by Crippen LogP contribution is 2.19. The number of hydrogen-bond acceptors (Lipinski definition) is 2. The van der Waals surface area contributed by atoms with Crippen LogP contribution in [0.25, 0.3) is 0 Å². The third kappa shape index (κ3) is 2.92. The van der Waals surface area contributed by atoms with Crippen LogP contribution in [0.1, 0.15) is 36.7 Å². The average Bonchev–Trinajstić information content (AvgIpc) is 2.76. The van der Waals surface area contributed by atoms with Crippen molar-refractivity contribution in [3.63, 3.8) is 0 Å². The molecule has 3 heteroatoms. The van der Waals surface area contributed by atoms with Crippen molar-refractivity contribution in [1.29, 1.82) is 0 Å². The molecule has 0 bridgehead atoms. The number of ether oxygens (including phenoxy) is 1. The molecule has 1 aromatic carbocycles. The van der Waals surface area contributed by atoms with Crippen LogP contribution in [0.4, 0.5) is 0 Å². The van der Waals surface area contributed by atoms with Gasteiger partial charge in [0.25, 0.3) is 0 Å². The zero-order valence-corrected chi connectivity index (χ0v) is 11.5. The molecule has 0 amide bonds. The summed E-state index contributed by atoms with van der Waals surface area (Å²) in [5.41, 5.74) is 3.38. The van der Waals surface area contributed by atoms with Gasteiger partial charge in [-0.05, 0) is 45.4 Å². The van der Waals surface area contributed by atoms with Crippen LogP contribution in [0.3, 0.4) is 0 Å². The Bertz CT molecular complexity index is 529. The smallest absolute Gasteiger partial charge is 0.132 e. The molecule has 3 nitrogen and oxygen atoms in total. The average molecular weight is 244 g/mol. The normalized spacial score (nSPS) is 10.9. The topological polar surface area (TPSA) is 27.1 Å². The summed E-state index contributed by atoms with van der Waals surface area (Å²) in [7, 11) is 0. The summed E-state index contributed by atoms with van der Waals surface area (Å²) in [5, 5.41) is 4.46. The van der Waals surface area contributed by atoms with Gasteiger partial charge in [-0.1, -0.05) is 17.7 Å². The molecule has 0 saturated heterocycles. The largest absolute Gasteiger partial charge is 0.487 e. The van der Waals surface area contributed by atoms with Crippen molar-refractivity contribution in [3.05, 3.63) is 47.3 Å². The van der Waals surface area contributed by atoms with Crippen molar-refractivity contribution in [3.8, 4) is 5.75 Å². The molecule has 0 aliphatic carbocycles. The third-order valence-corrected chi connectivity index (χ3v) is 2.90. The van der Waals surface area contributed by atoms with Gasteiger partial charge >= 0.3 is 0 Å². The molecule has 0 spiro atoms. The van der Waals surface area contributed by atoms with Crippen LogP contribution in [0.2, 0.25) is 0 Å². The first kappa shape index (κ1) is 12.7. The van der Waals surface area contributed by atoms with Crippen molar-refractivity contribution in [2.45, 2.75) is 40.3 Å². The summed E-state index contributed by atoms with van der Waals surface area (Å²) in [6.45, 7) is 8.89. The SMILES string of the molecule is Cc1ccc(OCc2ccn(C(C)C)n2)c(C)c1. The summed E-state index contributed by atoms with van der Waals surface area (Å²) in [4.78, 5) is 0. The summed E-state index contributed by atoms with van der Waals surface area (Å²) in [6.07, 6.45) is 1.99. The first-order valence-electron chi connectivity index (χ1n) is 6.30. The van der Waals surface area contributed by atoms with E-state index in [1.807, 2.05) is 23.0 Å². The summed E-state index contributed by atoms with van der Waals surface area (Å²) < 4.78 is 7.74. The van der Waals surface area contributed by atoms with Crippen molar-refractivity contribution < 1.29 is 4.74 Å². The Morgan fingerprint density at radius 3 is 2.61 bits per heavy atom. The van der Waals surface area contributed by atoms with E-state index in [1.54, 1.807) is 0 Å². The monoisotopic (exact) mass is 244 g/mol. The fraction of sp³-hybridized carbons (Fsp3) is 0.400. The molecule has 0 saturated carbocycles. The molecule has 96 valence electrons. The summed E-state index contributed by atoms with van der Waals surface area (Å²) in [6, 6.07) is 8.60. The molecule has 0 unspecified atom stereocenters. The Balaban J connectivity index is 2.02. The van der Waals surface area contributed by atoms with Gasteiger partial charge in [0.05, 0.1) is 5.69 Å². The van der Waals surface area contributed by atoms with Gasteiger partial charge in [-0.2, -0.15) is 5.10 Å². The lowest BCUT2D eigenvalue weighted by atomic mass is 10.1. The van der Waals surface area contributed by atoms with Crippen molar-refractivity contribution in [1.82, 2.24) is 9.78 Å². The molecular formula is C15H20N2O. The second-order valence-electron chi connectivity index (χ2n) is 4.94. The number of aromatic nitrogens is 2. The van der Waals surface area contributed by atoms with Gasteiger partial charge in [-0.15, -0.1) is 0 Å². The zero-order chi connectivity index (χ0) is 13.1. The quantitative estimate of drug-likeness (QED) is 0.820. The van der Waals surface area contributed by atoms with Gasteiger partial charge in [0.1, 0.15) is 12.4 Å². The van der Waals surface area contributed by atoms with Crippen molar-refractivity contribution >= 4 is 0 Å². The molecular weight excluding hydrogens is 224 g/mol. The predicted molar refractivity (Wildman–Crippen MR) is 72.9 cm³/mol. The van der Waals surface area contributed by atoms with Crippen LogP contribution >= 0.6 is 0 Å². The molecule has 0 fully saturated rings. The number of benzene rings is 1. The van der Waals surface area contributed by atoms with E-state index in [9.17, 15) is 0 Å². The fourth-order valence-corrected chi connectivity index (χ4v) is 1.85. The van der Waals surface area contributed by atoms with E-state index in [1.165, 1.54) is 11.1 Å². The van der Waals surface area contributed by atoms with Crippen LogP contribution in [0, 0.1) is 13.8 Å². The van der Waals surface area contributed by atoms with E-state index >= 15 is 0 Å². The minimum atomic E-state index is 0.389. The molecule has 0 aliphatic heterocycles. The lowest BCUT2D eigenvalue weighted by Gasteiger charge is -2.08. The second-order valence-corrected chi connectivity index (χ2v) is 4.94. The Morgan fingerprint density at radius 2 is 2.00 bits per heavy atom. The zero-order valence-electron chi connectivity index (χ0n) is 11.5. The molecule has 2 aromatic rings. The van der Waals surface area contributed by atoms with E-state index < -0.39 is 0 Å². The lowest BCUT2D eigenvalue weighted by Crippen LogP contribution is -2.03. The molecule has 1 aromatic heterocycles. The van der Waals surface area contributed by atoms with Gasteiger partial charge < -0.3 is 4.74 Å². The van der Waals surface area contributed by atoms with E-state index in [0.29, 0.717) is 12.6 Å². The third-order valence-electron chi connectivity index (χ3n) is 2.90. The summed E-state index contributed by atoms with van der Waals surface area (Å²) in [5.74, 6) is 0.930. The maximum absolute atomic E-state index is 5.80. The Kier molecular flexibility index (Phi) is 3.70. The lowest BCUT2D eigenvalue weighted by molar-refractivity contribution is 0.296. The van der Waals surface area contributed by atoms with Crippen molar-refractivity contribution in [2.75, 3.05) is 0 Å². The van der Waals surface area contributed by atoms with E-state index in [4.69, 9.17) is 4.74 Å². The highest BCUT2D eigenvalue weighted by atomic mass is 16.5. The van der Waals surface area contributed by atoms with Crippen LogP contribution in [-0.4, -0.2) is 9.78 Å². The summed E-state index contributed by atoms with van der Waals surface area (Å²) >= 11 is 0. The molecule has 1 heterocycles. The molecule has 0 aliphatic rings. The number of nitrogens with zero attached hydrogens (tertiary/aromatic N) is 2. The van der Waals surface area contributed by atoms with Gasteiger partial charge in [0.15, 0.2) is 0 Å². The van der Waals surface area contributed by atoms with Crippen LogP contribution in [0.5, 0.6) is 5.75 Å². The minimum Gasteiger partial charge on any atom is -0.487 e. The Hall–Kier alpha value is -1.77. The first-order valence-corrected chi connectivity index (χ1v) is 6.30. The van der Waals surface area contributed by atoms with E-state index in [2.05, 4.69) is 44.9 Å². The maximum Gasteiger partial charge on any atom is 0.132 e. The van der Waals surface area contributed by atoms with E-state index in [0.717, 1.165) is 11.4 Å². The Labute approximate surface area is 108 Å². The van der Waals surface area contributed by atoms with Gasteiger partial charge in [-0.3, -0.25) is 4.68 Å². The standard InChI is InChI=1S/C15H20N2O/c1-11(2)17-8-7-14(16-17)10-18-15-6-5-12(3)9-13(15)4/h5-9,11H,10H2,1-4H3. The van der Waals surface area contributed by atoms with E-state index in [-0.39, 0.29) is 0 Å². The Morgan fingerprint density at radius 1 is 1.22 bits per heavy atom. The van der Waals surface area contributed by atoms with Gasteiger partial charge in [-0.25, -0.2) is 0 Å². The van der Waals surface area contributed by atoms with Gasteiger partial charge in [0, 0.05) is 12.2 Å². The fourth-order valence-electron chi connectivity index (χ4n) is 1.85. The molecule has 2 rings (SSSR count). The highest BCUT2D eigenvalue weighted by Gasteiger charge is 2.04. The molecule has 0 radical (unpaired) electrons. The molecule has 18 heavy (non-hydrogen) atoms. The molecule has 0 N–H and O–H groups in total.